The highest BCUT2D eigenvalue weighted by Crippen LogP contribution is 2.28. The fraction of sp³-hybridized carbons (Fsp3) is 0.857. The molecule has 0 saturated heterocycles. The van der Waals surface area contributed by atoms with Crippen LogP contribution in [0.3, 0.4) is 0 Å². The van der Waals surface area contributed by atoms with Gasteiger partial charge in [-0.05, 0) is 45.1 Å². The van der Waals surface area contributed by atoms with Crippen molar-refractivity contribution in [3.05, 3.63) is 11.9 Å². The first-order valence-electron chi connectivity index (χ1n) is 6.68. The number of hydrogen-bond donors (Lipinski definition) is 1. The van der Waals surface area contributed by atoms with Crippen LogP contribution in [0.5, 0.6) is 0 Å². The zero-order valence-electron chi connectivity index (χ0n) is 12.9. The van der Waals surface area contributed by atoms with E-state index in [0.29, 0.717) is 5.92 Å². The van der Waals surface area contributed by atoms with Crippen molar-refractivity contribution in [2.75, 3.05) is 6.54 Å². The number of aryl methyl sites for hydroxylation is 1. The standard InChI is InChI=1S/C14H28N4/c1-13(2,3)11(9-15-14(4,5)6)8-12-10-18(7)17-16-12/h10-11,15H,8-9H2,1-7H3. The molecule has 4 heteroatoms. The molecule has 1 aromatic rings. The summed E-state index contributed by atoms with van der Waals surface area (Å²) >= 11 is 0. The maximum absolute atomic E-state index is 4.20. The average molecular weight is 252 g/mol. The second-order valence-electron chi connectivity index (χ2n) is 7.28. The summed E-state index contributed by atoms with van der Waals surface area (Å²) in [7, 11) is 1.91. The number of hydrogen-bond acceptors (Lipinski definition) is 3. The van der Waals surface area contributed by atoms with E-state index in [0.717, 1.165) is 18.7 Å². The van der Waals surface area contributed by atoms with Gasteiger partial charge in [0.05, 0.1) is 5.69 Å². The molecule has 18 heavy (non-hydrogen) atoms. The van der Waals surface area contributed by atoms with Crippen LogP contribution in [-0.4, -0.2) is 27.1 Å². The number of nitrogens with one attached hydrogen (secondary N) is 1. The largest absolute Gasteiger partial charge is 0.312 e. The quantitative estimate of drug-likeness (QED) is 0.895. The highest BCUT2D eigenvalue weighted by molar-refractivity contribution is 4.97. The molecule has 0 amide bonds. The SMILES string of the molecule is Cn1cc(CC(CNC(C)(C)C)C(C)(C)C)nn1. The van der Waals surface area contributed by atoms with Gasteiger partial charge in [0.2, 0.25) is 0 Å². The number of rotatable bonds is 4. The molecular formula is C14H28N4. The van der Waals surface area contributed by atoms with Crippen LogP contribution in [0.1, 0.15) is 47.2 Å². The summed E-state index contributed by atoms with van der Waals surface area (Å²) in [5.74, 6) is 0.549. The van der Waals surface area contributed by atoms with Crippen molar-refractivity contribution in [1.82, 2.24) is 20.3 Å². The van der Waals surface area contributed by atoms with Crippen LogP contribution in [0.15, 0.2) is 6.20 Å². The Hall–Kier alpha value is -0.900. The molecule has 1 rings (SSSR count). The van der Waals surface area contributed by atoms with Crippen LogP contribution in [-0.2, 0) is 13.5 Å². The Morgan fingerprint density at radius 3 is 2.22 bits per heavy atom. The molecule has 0 radical (unpaired) electrons. The lowest BCUT2D eigenvalue weighted by molar-refractivity contribution is 0.212. The summed E-state index contributed by atoms with van der Waals surface area (Å²) in [5.41, 5.74) is 1.50. The predicted molar refractivity (Wildman–Crippen MR) is 75.4 cm³/mol. The molecule has 0 spiro atoms. The van der Waals surface area contributed by atoms with E-state index in [1.54, 1.807) is 4.68 Å². The first-order chi connectivity index (χ1) is 8.08. The summed E-state index contributed by atoms with van der Waals surface area (Å²) in [5, 5.41) is 11.8. The van der Waals surface area contributed by atoms with Gasteiger partial charge in [0.1, 0.15) is 0 Å². The second-order valence-corrected chi connectivity index (χ2v) is 7.28. The third kappa shape index (κ3) is 5.17. The molecular weight excluding hydrogens is 224 g/mol. The lowest BCUT2D eigenvalue weighted by Crippen LogP contribution is -2.42. The van der Waals surface area contributed by atoms with Gasteiger partial charge in [-0.3, -0.25) is 4.68 Å². The molecule has 1 heterocycles. The van der Waals surface area contributed by atoms with Crippen LogP contribution in [0.25, 0.3) is 0 Å². The Balaban J connectivity index is 2.68. The van der Waals surface area contributed by atoms with E-state index in [1.807, 2.05) is 13.2 Å². The lowest BCUT2D eigenvalue weighted by atomic mass is 9.78. The molecule has 0 aromatic carbocycles. The molecule has 1 aromatic heterocycles. The maximum atomic E-state index is 4.20. The van der Waals surface area contributed by atoms with Gasteiger partial charge in [-0.25, -0.2) is 0 Å². The number of aromatic nitrogens is 3. The summed E-state index contributed by atoms with van der Waals surface area (Å²) < 4.78 is 1.77. The van der Waals surface area contributed by atoms with Gasteiger partial charge in [-0.15, -0.1) is 5.10 Å². The second kappa shape index (κ2) is 5.39. The van der Waals surface area contributed by atoms with Crippen molar-refractivity contribution in [1.29, 1.82) is 0 Å². The van der Waals surface area contributed by atoms with Crippen LogP contribution in [0, 0.1) is 11.3 Å². The molecule has 0 bridgehead atoms. The van der Waals surface area contributed by atoms with Crippen LogP contribution < -0.4 is 5.32 Å². The van der Waals surface area contributed by atoms with E-state index in [-0.39, 0.29) is 11.0 Å². The van der Waals surface area contributed by atoms with Crippen molar-refractivity contribution in [2.24, 2.45) is 18.4 Å². The average Bonchev–Trinajstić information content (AvgIpc) is 2.55. The maximum Gasteiger partial charge on any atom is 0.0830 e. The molecule has 1 atom stereocenters. The van der Waals surface area contributed by atoms with E-state index >= 15 is 0 Å². The van der Waals surface area contributed by atoms with Gasteiger partial charge >= 0.3 is 0 Å². The van der Waals surface area contributed by atoms with E-state index in [1.165, 1.54) is 0 Å². The van der Waals surface area contributed by atoms with Gasteiger partial charge in [0, 0.05) is 18.8 Å². The zero-order valence-corrected chi connectivity index (χ0v) is 12.9. The van der Waals surface area contributed by atoms with Crippen molar-refractivity contribution in [2.45, 2.75) is 53.5 Å². The summed E-state index contributed by atoms with van der Waals surface area (Å²) in [6.07, 6.45) is 2.98. The predicted octanol–water partition coefficient (Wildman–Crippen LogP) is 2.41. The third-order valence-electron chi connectivity index (χ3n) is 3.21. The van der Waals surface area contributed by atoms with Crippen LogP contribution in [0.4, 0.5) is 0 Å². The Morgan fingerprint density at radius 2 is 1.83 bits per heavy atom. The summed E-state index contributed by atoms with van der Waals surface area (Å²) in [6.45, 7) is 14.5. The Kier molecular flexibility index (Phi) is 4.54. The topological polar surface area (TPSA) is 42.7 Å². The Morgan fingerprint density at radius 1 is 1.22 bits per heavy atom. The molecule has 0 aliphatic rings. The Labute approximate surface area is 111 Å². The Bertz CT molecular complexity index is 368. The molecule has 0 aliphatic carbocycles. The fourth-order valence-corrected chi connectivity index (χ4v) is 1.86. The van der Waals surface area contributed by atoms with Crippen molar-refractivity contribution < 1.29 is 0 Å². The lowest BCUT2D eigenvalue weighted by Gasteiger charge is -2.33. The summed E-state index contributed by atoms with van der Waals surface area (Å²) in [4.78, 5) is 0. The fourth-order valence-electron chi connectivity index (χ4n) is 1.86. The molecule has 0 saturated carbocycles. The minimum atomic E-state index is 0.159. The zero-order chi connectivity index (χ0) is 14.0. The molecule has 1 N–H and O–H groups in total. The third-order valence-corrected chi connectivity index (χ3v) is 3.21. The minimum absolute atomic E-state index is 0.159. The monoisotopic (exact) mass is 252 g/mol. The highest BCUT2D eigenvalue weighted by atomic mass is 15.4. The molecule has 4 nitrogen and oxygen atoms in total. The van der Waals surface area contributed by atoms with Crippen molar-refractivity contribution >= 4 is 0 Å². The minimum Gasteiger partial charge on any atom is -0.312 e. The van der Waals surface area contributed by atoms with E-state index in [9.17, 15) is 0 Å². The first kappa shape index (κ1) is 15.2. The van der Waals surface area contributed by atoms with Crippen LogP contribution >= 0.6 is 0 Å². The van der Waals surface area contributed by atoms with Gasteiger partial charge in [-0.1, -0.05) is 26.0 Å². The van der Waals surface area contributed by atoms with Crippen molar-refractivity contribution in [3.8, 4) is 0 Å². The molecule has 1 unspecified atom stereocenters. The summed E-state index contributed by atoms with van der Waals surface area (Å²) in [6, 6.07) is 0. The molecule has 104 valence electrons. The van der Waals surface area contributed by atoms with Gasteiger partial charge in [0.15, 0.2) is 0 Å². The normalized spacial score (nSPS) is 14.8. The van der Waals surface area contributed by atoms with E-state index in [4.69, 9.17) is 0 Å². The molecule has 0 aliphatic heterocycles. The van der Waals surface area contributed by atoms with Gasteiger partial charge in [0.25, 0.3) is 0 Å². The van der Waals surface area contributed by atoms with Crippen molar-refractivity contribution in [3.63, 3.8) is 0 Å². The highest BCUT2D eigenvalue weighted by Gasteiger charge is 2.26. The molecule has 0 fully saturated rings. The van der Waals surface area contributed by atoms with E-state index < -0.39 is 0 Å². The van der Waals surface area contributed by atoms with Gasteiger partial charge < -0.3 is 5.32 Å². The first-order valence-corrected chi connectivity index (χ1v) is 6.68. The van der Waals surface area contributed by atoms with E-state index in [2.05, 4.69) is 57.2 Å². The number of nitrogens with zero attached hydrogens (tertiary/aromatic N) is 3. The van der Waals surface area contributed by atoms with Gasteiger partial charge in [-0.2, -0.15) is 0 Å². The smallest absolute Gasteiger partial charge is 0.0830 e. The van der Waals surface area contributed by atoms with Crippen LogP contribution in [0.2, 0.25) is 0 Å².